The summed E-state index contributed by atoms with van der Waals surface area (Å²) in [5.41, 5.74) is 0.199. The van der Waals surface area contributed by atoms with Gasteiger partial charge in [0, 0.05) is 19.7 Å². The summed E-state index contributed by atoms with van der Waals surface area (Å²) in [4.78, 5) is 0. The van der Waals surface area contributed by atoms with Gasteiger partial charge in [-0.3, -0.25) is 0 Å². The van der Waals surface area contributed by atoms with Crippen molar-refractivity contribution in [3.05, 3.63) is 0 Å². The number of hydrogen-bond donors (Lipinski definition) is 1. The first-order valence-electron chi connectivity index (χ1n) is 5.71. The minimum Gasteiger partial charge on any atom is -0.377 e. The van der Waals surface area contributed by atoms with Gasteiger partial charge in [0.1, 0.15) is 0 Å². The van der Waals surface area contributed by atoms with E-state index in [2.05, 4.69) is 17.1 Å². The van der Waals surface area contributed by atoms with E-state index in [1.807, 2.05) is 7.11 Å². The summed E-state index contributed by atoms with van der Waals surface area (Å²) in [7, 11) is 1.86. The third kappa shape index (κ3) is 2.44. The standard InChI is InChI=1S/C11H21NOS/c1-13-11(5-2-6-11)9-12-10-3-7-14-8-4-10/h10,12H,2-9H2,1H3. The van der Waals surface area contributed by atoms with Gasteiger partial charge in [0.25, 0.3) is 0 Å². The molecule has 2 aliphatic rings. The molecule has 1 saturated carbocycles. The molecule has 0 amide bonds. The molecule has 0 radical (unpaired) electrons. The maximum Gasteiger partial charge on any atom is 0.0802 e. The van der Waals surface area contributed by atoms with Crippen molar-refractivity contribution in [1.29, 1.82) is 0 Å². The Morgan fingerprint density at radius 2 is 2.07 bits per heavy atom. The molecule has 3 heteroatoms. The van der Waals surface area contributed by atoms with Crippen LogP contribution in [0.25, 0.3) is 0 Å². The second kappa shape index (κ2) is 4.86. The Morgan fingerprint density at radius 1 is 1.36 bits per heavy atom. The zero-order valence-corrected chi connectivity index (χ0v) is 9.87. The van der Waals surface area contributed by atoms with Crippen LogP contribution in [0.15, 0.2) is 0 Å². The van der Waals surface area contributed by atoms with Gasteiger partial charge in [0.15, 0.2) is 0 Å². The van der Waals surface area contributed by atoms with Crippen molar-refractivity contribution < 1.29 is 4.74 Å². The fourth-order valence-corrected chi connectivity index (χ4v) is 3.36. The lowest BCUT2D eigenvalue weighted by Gasteiger charge is -2.42. The Morgan fingerprint density at radius 3 is 2.57 bits per heavy atom. The van der Waals surface area contributed by atoms with Crippen molar-refractivity contribution >= 4 is 11.8 Å². The lowest BCUT2D eigenvalue weighted by Crippen LogP contribution is -2.50. The van der Waals surface area contributed by atoms with E-state index < -0.39 is 0 Å². The Balaban J connectivity index is 1.69. The highest BCUT2D eigenvalue weighted by Gasteiger charge is 2.37. The largest absolute Gasteiger partial charge is 0.377 e. The van der Waals surface area contributed by atoms with Crippen LogP contribution in [-0.2, 0) is 4.74 Å². The molecular formula is C11H21NOS. The zero-order valence-electron chi connectivity index (χ0n) is 9.05. The molecule has 0 atom stereocenters. The van der Waals surface area contributed by atoms with E-state index in [-0.39, 0.29) is 5.60 Å². The molecule has 0 spiro atoms. The summed E-state index contributed by atoms with van der Waals surface area (Å²) in [6.07, 6.45) is 6.51. The summed E-state index contributed by atoms with van der Waals surface area (Å²) in [6.45, 7) is 1.07. The third-order valence-corrected chi connectivity index (χ3v) is 4.68. The van der Waals surface area contributed by atoms with Crippen LogP contribution in [0.2, 0.25) is 0 Å². The SMILES string of the molecule is COC1(CNC2CCSCC2)CCC1. The Bertz CT molecular complexity index is 171. The second-order valence-corrected chi connectivity index (χ2v) is 5.73. The molecule has 1 aliphatic carbocycles. The first-order chi connectivity index (χ1) is 6.85. The molecule has 2 fully saturated rings. The first kappa shape index (κ1) is 10.8. The van der Waals surface area contributed by atoms with Crippen LogP contribution in [-0.4, -0.2) is 36.8 Å². The smallest absolute Gasteiger partial charge is 0.0802 e. The van der Waals surface area contributed by atoms with E-state index in [0.717, 1.165) is 12.6 Å². The number of thioether (sulfide) groups is 1. The lowest BCUT2D eigenvalue weighted by atomic mass is 9.80. The van der Waals surface area contributed by atoms with Crippen LogP contribution >= 0.6 is 11.8 Å². The molecule has 1 heterocycles. The van der Waals surface area contributed by atoms with E-state index in [9.17, 15) is 0 Å². The summed E-state index contributed by atoms with van der Waals surface area (Å²) in [6, 6.07) is 0.754. The van der Waals surface area contributed by atoms with Crippen LogP contribution in [0.1, 0.15) is 32.1 Å². The van der Waals surface area contributed by atoms with E-state index >= 15 is 0 Å². The average Bonchev–Trinajstić information content (AvgIpc) is 2.19. The van der Waals surface area contributed by atoms with Gasteiger partial charge in [-0.05, 0) is 43.6 Å². The molecule has 1 saturated heterocycles. The quantitative estimate of drug-likeness (QED) is 0.775. The van der Waals surface area contributed by atoms with Gasteiger partial charge in [-0.25, -0.2) is 0 Å². The van der Waals surface area contributed by atoms with E-state index in [1.54, 1.807) is 0 Å². The number of nitrogens with one attached hydrogen (secondary N) is 1. The van der Waals surface area contributed by atoms with Crippen molar-refractivity contribution in [2.75, 3.05) is 25.2 Å². The molecular weight excluding hydrogens is 194 g/mol. The van der Waals surface area contributed by atoms with Gasteiger partial charge < -0.3 is 10.1 Å². The van der Waals surface area contributed by atoms with E-state index in [4.69, 9.17) is 4.74 Å². The van der Waals surface area contributed by atoms with Crippen LogP contribution in [0, 0.1) is 0 Å². The summed E-state index contributed by atoms with van der Waals surface area (Å²) in [5, 5.41) is 3.68. The highest BCUT2D eigenvalue weighted by molar-refractivity contribution is 7.99. The van der Waals surface area contributed by atoms with Crippen LogP contribution < -0.4 is 5.32 Å². The maximum atomic E-state index is 5.60. The van der Waals surface area contributed by atoms with Gasteiger partial charge in [0.05, 0.1) is 5.60 Å². The molecule has 1 aliphatic heterocycles. The van der Waals surface area contributed by atoms with Crippen LogP contribution in [0.4, 0.5) is 0 Å². The molecule has 2 nitrogen and oxygen atoms in total. The summed E-state index contributed by atoms with van der Waals surface area (Å²) >= 11 is 2.09. The predicted molar refractivity (Wildman–Crippen MR) is 61.9 cm³/mol. The molecule has 0 aromatic heterocycles. The van der Waals surface area contributed by atoms with Gasteiger partial charge >= 0.3 is 0 Å². The fraction of sp³-hybridized carbons (Fsp3) is 1.00. The monoisotopic (exact) mass is 215 g/mol. The Labute approximate surface area is 91.2 Å². The minimum atomic E-state index is 0.199. The Kier molecular flexibility index (Phi) is 3.74. The van der Waals surface area contributed by atoms with Crippen molar-refractivity contribution in [1.82, 2.24) is 5.32 Å². The molecule has 2 rings (SSSR count). The highest BCUT2D eigenvalue weighted by Crippen LogP contribution is 2.34. The van der Waals surface area contributed by atoms with E-state index in [1.165, 1.54) is 43.6 Å². The average molecular weight is 215 g/mol. The highest BCUT2D eigenvalue weighted by atomic mass is 32.2. The number of rotatable bonds is 4. The zero-order chi connectivity index (χ0) is 9.86. The Hall–Kier alpha value is 0.270. The van der Waals surface area contributed by atoms with Crippen LogP contribution in [0.5, 0.6) is 0 Å². The molecule has 14 heavy (non-hydrogen) atoms. The minimum absolute atomic E-state index is 0.199. The maximum absolute atomic E-state index is 5.60. The van der Waals surface area contributed by atoms with Gasteiger partial charge in [-0.1, -0.05) is 0 Å². The van der Waals surface area contributed by atoms with Crippen molar-refractivity contribution in [3.63, 3.8) is 0 Å². The van der Waals surface area contributed by atoms with E-state index in [0.29, 0.717) is 0 Å². The van der Waals surface area contributed by atoms with Crippen molar-refractivity contribution in [3.8, 4) is 0 Å². The fourth-order valence-electron chi connectivity index (χ4n) is 2.26. The molecule has 0 aromatic rings. The topological polar surface area (TPSA) is 21.3 Å². The summed E-state index contributed by atoms with van der Waals surface area (Å²) in [5.74, 6) is 2.66. The normalized spacial score (nSPS) is 27.2. The molecule has 82 valence electrons. The summed E-state index contributed by atoms with van der Waals surface area (Å²) < 4.78 is 5.60. The van der Waals surface area contributed by atoms with Gasteiger partial charge in [0.2, 0.25) is 0 Å². The second-order valence-electron chi connectivity index (χ2n) is 4.51. The molecule has 1 N–H and O–H groups in total. The molecule has 0 unspecified atom stereocenters. The number of hydrogen-bond acceptors (Lipinski definition) is 3. The molecule has 0 bridgehead atoms. The van der Waals surface area contributed by atoms with Crippen molar-refractivity contribution in [2.45, 2.75) is 43.7 Å². The first-order valence-corrected chi connectivity index (χ1v) is 6.86. The lowest BCUT2D eigenvalue weighted by molar-refractivity contribution is -0.0709. The van der Waals surface area contributed by atoms with Gasteiger partial charge in [-0.15, -0.1) is 0 Å². The predicted octanol–water partition coefficient (Wildman–Crippen LogP) is 2.04. The number of ether oxygens (including phenoxy) is 1. The number of methoxy groups -OCH3 is 1. The van der Waals surface area contributed by atoms with Crippen molar-refractivity contribution in [2.24, 2.45) is 0 Å². The third-order valence-electron chi connectivity index (χ3n) is 3.63. The molecule has 0 aromatic carbocycles. The van der Waals surface area contributed by atoms with Crippen LogP contribution in [0.3, 0.4) is 0 Å². The van der Waals surface area contributed by atoms with Gasteiger partial charge in [-0.2, -0.15) is 11.8 Å².